The molecule has 0 spiro atoms. The molecule has 0 bridgehead atoms. The number of benzene rings is 7. The molecule has 2 aromatic heterocycles. The average Bonchev–Trinajstić information content (AvgIpc) is 3.64. The predicted octanol–water partition coefficient (Wildman–Crippen LogP) is 11.1. The molecule has 0 aliphatic carbocycles. The SMILES string of the molecule is [C-]#[N+]c1cc(-n2c3ccc(-c4ccccc4)cc3c3c4ccccc4ccc32)c(C#N)cc1-n1c2ccccc2c2ccccc21. The number of rotatable bonds is 3. The summed E-state index contributed by atoms with van der Waals surface area (Å²) in [7, 11) is 0. The molecule has 0 amide bonds. The summed E-state index contributed by atoms with van der Waals surface area (Å²) in [6.45, 7) is 8.33. The Labute approximate surface area is 265 Å². The van der Waals surface area contributed by atoms with Crippen LogP contribution in [0.15, 0.2) is 146 Å². The van der Waals surface area contributed by atoms with Crippen molar-refractivity contribution >= 4 is 60.1 Å². The van der Waals surface area contributed by atoms with Gasteiger partial charge in [-0.05, 0) is 64.4 Å². The lowest BCUT2D eigenvalue weighted by Crippen LogP contribution is -2.01. The van der Waals surface area contributed by atoms with Gasteiger partial charge < -0.3 is 9.13 Å². The van der Waals surface area contributed by atoms with Crippen LogP contribution in [0.3, 0.4) is 0 Å². The molecule has 0 fully saturated rings. The van der Waals surface area contributed by atoms with Gasteiger partial charge in [0.2, 0.25) is 5.69 Å². The van der Waals surface area contributed by atoms with Crippen molar-refractivity contribution in [2.45, 2.75) is 0 Å². The van der Waals surface area contributed by atoms with Gasteiger partial charge in [-0.25, -0.2) is 4.85 Å². The molecule has 0 atom stereocenters. The quantitative estimate of drug-likeness (QED) is 0.190. The molecule has 46 heavy (non-hydrogen) atoms. The van der Waals surface area contributed by atoms with Crippen molar-refractivity contribution in [3.8, 4) is 28.6 Å². The van der Waals surface area contributed by atoms with Gasteiger partial charge in [-0.3, -0.25) is 0 Å². The van der Waals surface area contributed by atoms with Gasteiger partial charge in [0.1, 0.15) is 6.07 Å². The Bertz CT molecular complexity index is 2710. The summed E-state index contributed by atoms with van der Waals surface area (Å²) in [4.78, 5) is 4.06. The number of hydrogen-bond donors (Lipinski definition) is 0. The lowest BCUT2D eigenvalue weighted by atomic mass is 10.0. The largest absolute Gasteiger partial charge is 0.319 e. The molecule has 0 unspecified atom stereocenters. The molecule has 0 aliphatic heterocycles. The highest BCUT2D eigenvalue weighted by molar-refractivity contribution is 6.22. The number of para-hydroxylation sites is 2. The van der Waals surface area contributed by atoms with Gasteiger partial charge in [-0.1, -0.05) is 103 Å². The maximum absolute atomic E-state index is 10.7. The second-order valence-electron chi connectivity index (χ2n) is 11.6. The number of hydrogen-bond acceptors (Lipinski definition) is 1. The number of nitrogens with zero attached hydrogens (tertiary/aromatic N) is 4. The minimum atomic E-state index is 0.484. The fraction of sp³-hybridized carbons (Fsp3) is 0. The maximum Gasteiger partial charge on any atom is 0.212 e. The average molecular weight is 585 g/mol. The Hall–Kier alpha value is -6.62. The summed E-state index contributed by atoms with van der Waals surface area (Å²) in [5.41, 5.74) is 8.65. The van der Waals surface area contributed by atoms with Gasteiger partial charge in [0.25, 0.3) is 0 Å². The monoisotopic (exact) mass is 584 g/mol. The van der Waals surface area contributed by atoms with E-state index >= 15 is 0 Å². The summed E-state index contributed by atoms with van der Waals surface area (Å²) in [5.74, 6) is 0. The van der Waals surface area contributed by atoms with Gasteiger partial charge in [-0.2, -0.15) is 5.26 Å². The van der Waals surface area contributed by atoms with E-state index in [0.29, 0.717) is 22.6 Å². The zero-order chi connectivity index (χ0) is 30.8. The van der Waals surface area contributed by atoms with Crippen LogP contribution in [0.5, 0.6) is 0 Å². The summed E-state index contributed by atoms with van der Waals surface area (Å²) in [6, 6.07) is 52.4. The van der Waals surface area contributed by atoms with Crippen LogP contribution in [0, 0.1) is 17.9 Å². The predicted molar refractivity (Wildman–Crippen MR) is 189 cm³/mol. The van der Waals surface area contributed by atoms with Crippen LogP contribution >= 0.6 is 0 Å². The Morgan fingerprint density at radius 3 is 1.83 bits per heavy atom. The van der Waals surface area contributed by atoms with E-state index in [0.717, 1.165) is 65.5 Å². The highest BCUT2D eigenvalue weighted by Gasteiger charge is 2.21. The second-order valence-corrected chi connectivity index (χ2v) is 11.6. The molecule has 212 valence electrons. The van der Waals surface area contributed by atoms with E-state index in [-0.39, 0.29) is 0 Å². The van der Waals surface area contributed by atoms with Crippen molar-refractivity contribution in [2.75, 3.05) is 0 Å². The molecular formula is C42H24N4. The smallest absolute Gasteiger partial charge is 0.212 e. The summed E-state index contributed by atoms with van der Waals surface area (Å²) in [5, 5.41) is 17.5. The van der Waals surface area contributed by atoms with E-state index in [9.17, 15) is 5.26 Å². The molecule has 0 radical (unpaired) electrons. The first kappa shape index (κ1) is 25.8. The number of aromatic nitrogens is 2. The van der Waals surface area contributed by atoms with E-state index < -0.39 is 0 Å². The van der Waals surface area contributed by atoms with Crippen molar-refractivity contribution < 1.29 is 0 Å². The Morgan fingerprint density at radius 2 is 1.11 bits per heavy atom. The zero-order valence-electron chi connectivity index (χ0n) is 24.6. The van der Waals surface area contributed by atoms with Crippen LogP contribution in [0.4, 0.5) is 5.69 Å². The van der Waals surface area contributed by atoms with E-state index in [4.69, 9.17) is 6.57 Å². The van der Waals surface area contributed by atoms with Crippen LogP contribution in [0.25, 0.3) is 81.7 Å². The topological polar surface area (TPSA) is 38.0 Å². The van der Waals surface area contributed by atoms with Gasteiger partial charge in [-0.15, -0.1) is 0 Å². The molecule has 9 rings (SSSR count). The van der Waals surface area contributed by atoms with Gasteiger partial charge >= 0.3 is 0 Å². The molecule has 0 saturated heterocycles. The van der Waals surface area contributed by atoms with Crippen molar-refractivity contribution in [1.29, 1.82) is 5.26 Å². The highest BCUT2D eigenvalue weighted by atomic mass is 15.0. The molecule has 9 aromatic rings. The van der Waals surface area contributed by atoms with E-state index in [1.54, 1.807) is 0 Å². The van der Waals surface area contributed by atoms with Crippen molar-refractivity contribution in [3.63, 3.8) is 0 Å². The Kier molecular flexibility index (Phi) is 5.59. The van der Waals surface area contributed by atoms with Gasteiger partial charge in [0.15, 0.2) is 0 Å². The van der Waals surface area contributed by atoms with E-state index in [2.05, 4.69) is 123 Å². The summed E-state index contributed by atoms with van der Waals surface area (Å²) in [6.07, 6.45) is 0. The molecule has 4 nitrogen and oxygen atoms in total. The molecule has 7 aromatic carbocycles. The van der Waals surface area contributed by atoms with Gasteiger partial charge in [0.05, 0.1) is 45.6 Å². The maximum atomic E-state index is 10.7. The van der Waals surface area contributed by atoms with Crippen LogP contribution in [-0.2, 0) is 0 Å². The third-order valence-corrected chi connectivity index (χ3v) is 9.16. The lowest BCUT2D eigenvalue weighted by molar-refractivity contribution is 1.14. The van der Waals surface area contributed by atoms with Gasteiger partial charge in [0, 0.05) is 21.5 Å². The van der Waals surface area contributed by atoms with Crippen LogP contribution in [0.2, 0.25) is 0 Å². The van der Waals surface area contributed by atoms with Crippen molar-refractivity contribution in [2.24, 2.45) is 0 Å². The fourth-order valence-corrected chi connectivity index (χ4v) is 7.15. The number of nitriles is 1. The summed E-state index contributed by atoms with van der Waals surface area (Å²) >= 11 is 0. The minimum Gasteiger partial charge on any atom is -0.319 e. The fourth-order valence-electron chi connectivity index (χ4n) is 7.15. The first-order valence-corrected chi connectivity index (χ1v) is 15.2. The number of fused-ring (bicyclic) bond motifs is 8. The third kappa shape index (κ3) is 3.65. The highest BCUT2D eigenvalue weighted by Crippen LogP contribution is 2.42. The molecule has 0 saturated carbocycles. The third-order valence-electron chi connectivity index (χ3n) is 9.16. The molecule has 0 aliphatic rings. The van der Waals surface area contributed by atoms with E-state index in [1.165, 1.54) is 0 Å². The Balaban J connectivity index is 1.38. The zero-order valence-corrected chi connectivity index (χ0v) is 24.6. The first-order chi connectivity index (χ1) is 22.7. The van der Waals surface area contributed by atoms with Crippen molar-refractivity contribution in [3.05, 3.63) is 163 Å². The molecular weight excluding hydrogens is 560 g/mol. The lowest BCUT2D eigenvalue weighted by Gasteiger charge is -2.16. The van der Waals surface area contributed by atoms with Crippen LogP contribution < -0.4 is 0 Å². The molecule has 4 heteroatoms. The van der Waals surface area contributed by atoms with Crippen LogP contribution in [-0.4, -0.2) is 9.13 Å². The van der Waals surface area contributed by atoms with Crippen molar-refractivity contribution in [1.82, 2.24) is 9.13 Å². The standard InChI is InChI=1S/C42H24N4/c1-44-35-25-40(30(26-43)24-41(35)45-36-17-9-7-15-32(36)33-16-8-10-18-37(33)45)46-38-21-20-29(27-11-3-2-4-12-27)23-34(38)42-31-14-6-5-13-28(31)19-22-39(42)46/h2-25H. The van der Waals surface area contributed by atoms with Crippen LogP contribution in [0.1, 0.15) is 5.56 Å². The molecule has 0 N–H and O–H groups in total. The summed E-state index contributed by atoms with van der Waals surface area (Å²) < 4.78 is 4.28. The second kappa shape index (κ2) is 9.96. The molecule has 2 heterocycles. The normalized spacial score (nSPS) is 11.4. The minimum absolute atomic E-state index is 0.484. The first-order valence-electron chi connectivity index (χ1n) is 15.2. The van der Waals surface area contributed by atoms with E-state index in [1.807, 2.05) is 42.5 Å². The Morgan fingerprint density at radius 1 is 0.500 bits per heavy atom.